The SMILES string of the molecule is CCn1cnnc1-c1ccc(Cl)cc1F. The summed E-state index contributed by atoms with van der Waals surface area (Å²) >= 11 is 5.67. The quantitative estimate of drug-likeness (QED) is 0.787. The van der Waals surface area contributed by atoms with Gasteiger partial charge in [-0.2, -0.15) is 0 Å². The summed E-state index contributed by atoms with van der Waals surface area (Å²) in [6.45, 7) is 2.64. The van der Waals surface area contributed by atoms with E-state index < -0.39 is 0 Å². The van der Waals surface area contributed by atoms with Crippen molar-refractivity contribution in [1.82, 2.24) is 14.8 Å². The summed E-state index contributed by atoms with van der Waals surface area (Å²) in [6.07, 6.45) is 1.57. The average molecular weight is 226 g/mol. The summed E-state index contributed by atoms with van der Waals surface area (Å²) < 4.78 is 15.3. The van der Waals surface area contributed by atoms with Crippen molar-refractivity contribution >= 4 is 11.6 Å². The van der Waals surface area contributed by atoms with Crippen LogP contribution in [0.3, 0.4) is 0 Å². The standard InChI is InChI=1S/C10H9ClFN3/c1-2-15-6-13-14-10(15)8-4-3-7(11)5-9(8)12/h3-6H,2H2,1H3. The van der Waals surface area contributed by atoms with Gasteiger partial charge in [-0.1, -0.05) is 11.6 Å². The third-order valence-electron chi connectivity index (χ3n) is 2.13. The Kier molecular flexibility index (Phi) is 2.68. The average Bonchev–Trinajstić information content (AvgIpc) is 2.65. The maximum atomic E-state index is 13.6. The molecule has 15 heavy (non-hydrogen) atoms. The Morgan fingerprint density at radius 1 is 1.47 bits per heavy atom. The molecule has 3 nitrogen and oxygen atoms in total. The van der Waals surface area contributed by atoms with Gasteiger partial charge in [-0.05, 0) is 25.1 Å². The highest BCUT2D eigenvalue weighted by molar-refractivity contribution is 6.30. The van der Waals surface area contributed by atoms with Crippen LogP contribution in [0.4, 0.5) is 4.39 Å². The van der Waals surface area contributed by atoms with Crippen molar-refractivity contribution in [2.75, 3.05) is 0 Å². The van der Waals surface area contributed by atoms with E-state index in [4.69, 9.17) is 11.6 Å². The number of nitrogens with zero attached hydrogens (tertiary/aromatic N) is 3. The van der Waals surface area contributed by atoms with E-state index in [2.05, 4.69) is 10.2 Å². The zero-order chi connectivity index (χ0) is 10.8. The lowest BCUT2D eigenvalue weighted by Gasteiger charge is -2.04. The number of benzene rings is 1. The van der Waals surface area contributed by atoms with Gasteiger partial charge in [0.1, 0.15) is 12.1 Å². The molecule has 0 atom stereocenters. The zero-order valence-corrected chi connectivity index (χ0v) is 8.87. The van der Waals surface area contributed by atoms with Crippen molar-refractivity contribution in [3.05, 3.63) is 35.4 Å². The molecule has 78 valence electrons. The summed E-state index contributed by atoms with van der Waals surface area (Å²) in [7, 11) is 0. The summed E-state index contributed by atoms with van der Waals surface area (Å²) in [4.78, 5) is 0. The molecule has 0 aliphatic heterocycles. The highest BCUT2D eigenvalue weighted by Crippen LogP contribution is 2.23. The Morgan fingerprint density at radius 2 is 2.27 bits per heavy atom. The van der Waals surface area contributed by atoms with Crippen molar-refractivity contribution in [2.24, 2.45) is 0 Å². The van der Waals surface area contributed by atoms with E-state index in [1.165, 1.54) is 6.07 Å². The molecule has 0 fully saturated rings. The van der Waals surface area contributed by atoms with Crippen LogP contribution in [0, 0.1) is 5.82 Å². The van der Waals surface area contributed by atoms with Crippen LogP contribution in [0.2, 0.25) is 5.02 Å². The highest BCUT2D eigenvalue weighted by atomic mass is 35.5. The van der Waals surface area contributed by atoms with Crippen LogP contribution in [0.25, 0.3) is 11.4 Å². The smallest absolute Gasteiger partial charge is 0.166 e. The summed E-state index contributed by atoms with van der Waals surface area (Å²) in [6, 6.07) is 4.51. The fourth-order valence-electron chi connectivity index (χ4n) is 1.37. The molecule has 1 aromatic carbocycles. The van der Waals surface area contributed by atoms with Gasteiger partial charge in [-0.3, -0.25) is 0 Å². The van der Waals surface area contributed by atoms with Crippen molar-refractivity contribution < 1.29 is 4.39 Å². The van der Waals surface area contributed by atoms with Gasteiger partial charge in [0.2, 0.25) is 0 Å². The van der Waals surface area contributed by atoms with Crippen LogP contribution in [-0.4, -0.2) is 14.8 Å². The lowest BCUT2D eigenvalue weighted by molar-refractivity contribution is 0.627. The number of hydrogen-bond acceptors (Lipinski definition) is 2. The second kappa shape index (κ2) is 3.98. The maximum absolute atomic E-state index is 13.6. The fraction of sp³-hybridized carbons (Fsp3) is 0.200. The van der Waals surface area contributed by atoms with E-state index in [9.17, 15) is 4.39 Å². The Bertz CT molecular complexity index is 481. The molecule has 0 aliphatic carbocycles. The third-order valence-corrected chi connectivity index (χ3v) is 2.36. The Balaban J connectivity index is 2.54. The molecular formula is C10H9ClFN3. The number of hydrogen-bond donors (Lipinski definition) is 0. The second-order valence-electron chi connectivity index (χ2n) is 3.06. The monoisotopic (exact) mass is 225 g/mol. The molecule has 1 heterocycles. The lowest BCUT2D eigenvalue weighted by Crippen LogP contribution is -1.97. The van der Waals surface area contributed by atoms with Crippen LogP contribution in [0.1, 0.15) is 6.92 Å². The Hall–Kier alpha value is -1.42. The summed E-state index contributed by atoms with van der Waals surface area (Å²) in [5.74, 6) is 0.136. The van der Waals surface area contributed by atoms with E-state index >= 15 is 0 Å². The van der Waals surface area contributed by atoms with Gasteiger partial charge in [0, 0.05) is 11.6 Å². The van der Waals surface area contributed by atoms with Crippen LogP contribution in [0.15, 0.2) is 24.5 Å². The minimum absolute atomic E-state index is 0.374. The second-order valence-corrected chi connectivity index (χ2v) is 3.50. The van der Waals surface area contributed by atoms with Gasteiger partial charge in [0.05, 0.1) is 5.56 Å². The molecule has 1 aromatic heterocycles. The van der Waals surface area contributed by atoms with Gasteiger partial charge < -0.3 is 4.57 Å². The molecule has 2 rings (SSSR count). The first-order chi connectivity index (χ1) is 7.22. The normalized spacial score (nSPS) is 10.6. The minimum Gasteiger partial charge on any atom is -0.314 e. The van der Waals surface area contributed by atoms with E-state index in [0.29, 0.717) is 23.0 Å². The number of aryl methyl sites for hydroxylation is 1. The number of rotatable bonds is 2. The first-order valence-corrected chi connectivity index (χ1v) is 4.93. The van der Waals surface area contributed by atoms with Gasteiger partial charge in [-0.25, -0.2) is 4.39 Å². The molecule has 0 saturated carbocycles. The predicted molar refractivity (Wildman–Crippen MR) is 56.1 cm³/mol. The first-order valence-electron chi connectivity index (χ1n) is 4.55. The van der Waals surface area contributed by atoms with E-state index in [0.717, 1.165) is 0 Å². The molecular weight excluding hydrogens is 217 g/mol. The predicted octanol–water partition coefficient (Wildman–Crippen LogP) is 2.76. The van der Waals surface area contributed by atoms with Crippen LogP contribution in [-0.2, 0) is 6.54 Å². The van der Waals surface area contributed by atoms with E-state index in [1.54, 1.807) is 23.0 Å². The molecule has 0 radical (unpaired) electrons. The fourth-order valence-corrected chi connectivity index (χ4v) is 1.52. The van der Waals surface area contributed by atoms with Crippen LogP contribution < -0.4 is 0 Å². The Labute approximate surface area is 91.5 Å². The zero-order valence-electron chi connectivity index (χ0n) is 8.11. The van der Waals surface area contributed by atoms with Gasteiger partial charge >= 0.3 is 0 Å². The molecule has 0 amide bonds. The minimum atomic E-state index is -0.384. The number of aromatic nitrogens is 3. The van der Waals surface area contributed by atoms with E-state index in [1.807, 2.05) is 6.92 Å². The largest absolute Gasteiger partial charge is 0.314 e. The summed E-state index contributed by atoms with van der Waals surface area (Å²) in [5.41, 5.74) is 0.416. The van der Waals surface area contributed by atoms with Crippen molar-refractivity contribution in [2.45, 2.75) is 13.5 Å². The lowest BCUT2D eigenvalue weighted by atomic mass is 10.2. The first kappa shape index (κ1) is 10.1. The highest BCUT2D eigenvalue weighted by Gasteiger charge is 2.11. The molecule has 0 unspecified atom stereocenters. The molecule has 0 saturated heterocycles. The molecule has 2 aromatic rings. The summed E-state index contributed by atoms with van der Waals surface area (Å²) in [5, 5.41) is 8.00. The van der Waals surface area contributed by atoms with Crippen LogP contribution >= 0.6 is 11.6 Å². The van der Waals surface area contributed by atoms with Gasteiger partial charge in [-0.15, -0.1) is 10.2 Å². The topological polar surface area (TPSA) is 30.7 Å². The molecule has 0 spiro atoms. The molecule has 0 aliphatic rings. The molecule has 0 N–H and O–H groups in total. The third kappa shape index (κ3) is 1.85. The van der Waals surface area contributed by atoms with E-state index in [-0.39, 0.29) is 5.82 Å². The van der Waals surface area contributed by atoms with Crippen molar-refractivity contribution in [1.29, 1.82) is 0 Å². The van der Waals surface area contributed by atoms with Crippen molar-refractivity contribution in [3.63, 3.8) is 0 Å². The Morgan fingerprint density at radius 3 is 2.93 bits per heavy atom. The molecule has 0 bridgehead atoms. The number of halogens is 2. The van der Waals surface area contributed by atoms with Crippen LogP contribution in [0.5, 0.6) is 0 Å². The van der Waals surface area contributed by atoms with Crippen molar-refractivity contribution in [3.8, 4) is 11.4 Å². The van der Waals surface area contributed by atoms with Gasteiger partial charge in [0.25, 0.3) is 0 Å². The molecule has 5 heteroatoms. The van der Waals surface area contributed by atoms with Gasteiger partial charge in [0.15, 0.2) is 5.82 Å². The maximum Gasteiger partial charge on any atom is 0.166 e.